The van der Waals surface area contributed by atoms with E-state index in [1.54, 1.807) is 26.0 Å². The summed E-state index contributed by atoms with van der Waals surface area (Å²) in [6.45, 7) is 5.42. The van der Waals surface area contributed by atoms with Crippen LogP contribution < -0.4 is 14.9 Å². The number of carbonyl (C=O) groups excluding carboxylic acids is 1. The number of carbonyl (C=O) groups is 1. The van der Waals surface area contributed by atoms with E-state index >= 15 is 0 Å². The van der Waals surface area contributed by atoms with Crippen molar-refractivity contribution in [3.05, 3.63) is 70.4 Å². The van der Waals surface area contributed by atoms with Crippen LogP contribution in [0.3, 0.4) is 0 Å². The van der Waals surface area contributed by atoms with E-state index < -0.39 is 23.8 Å². The summed E-state index contributed by atoms with van der Waals surface area (Å²) in [5.41, 5.74) is 0.327. The van der Waals surface area contributed by atoms with Gasteiger partial charge in [-0.2, -0.15) is 0 Å². The first kappa shape index (κ1) is 23.9. The molecule has 0 fully saturated rings. The van der Waals surface area contributed by atoms with Crippen LogP contribution in [-0.2, 0) is 16.6 Å². The van der Waals surface area contributed by atoms with Crippen molar-refractivity contribution in [2.45, 2.75) is 45.0 Å². The van der Waals surface area contributed by atoms with E-state index in [4.69, 9.17) is 14.2 Å². The number of fused-ring (bicyclic) bond motifs is 5. The number of hydrogen-bond donors (Lipinski definition) is 1. The minimum atomic E-state index is -1.24. The summed E-state index contributed by atoms with van der Waals surface area (Å²) in [6.07, 6.45) is 1.48. The fraction of sp³-hybridized carbons (Fsp3) is 0.310. The molecule has 0 bridgehead atoms. The van der Waals surface area contributed by atoms with E-state index in [1.165, 1.54) is 13.2 Å². The highest BCUT2D eigenvalue weighted by atomic mass is 16.6. The molecule has 1 aromatic heterocycles. The van der Waals surface area contributed by atoms with Crippen molar-refractivity contribution in [1.82, 2.24) is 4.57 Å². The van der Waals surface area contributed by atoms with Crippen molar-refractivity contribution < 1.29 is 24.1 Å². The number of ether oxygens (including phenoxy) is 3. The van der Waals surface area contributed by atoms with E-state index in [1.807, 2.05) is 54.9 Å². The number of aliphatic hydroxyl groups excluding tert-OH is 1. The number of hydrogen-bond acceptors (Lipinski definition) is 6. The SMILES string of the molecule is CCC=CC(=O)O[C@@H]1[C@H](O)c2c(cc(OC)c3c(=O)c4cc5ccccc5cc4n(C)c23)OC1(C)C. The van der Waals surface area contributed by atoms with Crippen molar-refractivity contribution in [2.24, 2.45) is 7.05 Å². The summed E-state index contributed by atoms with van der Waals surface area (Å²) in [7, 11) is 3.34. The van der Waals surface area contributed by atoms with Crippen LogP contribution in [0.1, 0.15) is 38.9 Å². The van der Waals surface area contributed by atoms with Gasteiger partial charge in [0.05, 0.1) is 29.1 Å². The lowest BCUT2D eigenvalue weighted by Crippen LogP contribution is -2.51. The van der Waals surface area contributed by atoms with Crippen LogP contribution in [0.4, 0.5) is 0 Å². The van der Waals surface area contributed by atoms with Gasteiger partial charge < -0.3 is 23.9 Å². The van der Waals surface area contributed by atoms with Gasteiger partial charge in [-0.1, -0.05) is 37.3 Å². The number of benzene rings is 3. The van der Waals surface area contributed by atoms with Gasteiger partial charge in [0, 0.05) is 24.6 Å². The van der Waals surface area contributed by atoms with Crippen LogP contribution >= 0.6 is 0 Å². The maximum Gasteiger partial charge on any atom is 0.330 e. The third-order valence-corrected chi connectivity index (χ3v) is 6.89. The summed E-state index contributed by atoms with van der Waals surface area (Å²) in [5, 5.41) is 14.4. The molecule has 3 aromatic carbocycles. The van der Waals surface area contributed by atoms with Gasteiger partial charge in [0.15, 0.2) is 6.10 Å². The van der Waals surface area contributed by atoms with Crippen molar-refractivity contribution in [1.29, 1.82) is 0 Å². The largest absolute Gasteiger partial charge is 0.496 e. The van der Waals surface area contributed by atoms with Crippen molar-refractivity contribution in [3.63, 3.8) is 0 Å². The molecule has 1 N–H and O–H groups in total. The molecule has 7 nitrogen and oxygen atoms in total. The zero-order valence-corrected chi connectivity index (χ0v) is 21.0. The molecule has 0 aliphatic carbocycles. The maximum absolute atomic E-state index is 13.9. The second-order valence-electron chi connectivity index (χ2n) is 9.64. The fourth-order valence-corrected chi connectivity index (χ4v) is 5.14. The van der Waals surface area contributed by atoms with Crippen LogP contribution in [0, 0.1) is 0 Å². The van der Waals surface area contributed by atoms with E-state index in [-0.39, 0.29) is 5.43 Å². The fourth-order valence-electron chi connectivity index (χ4n) is 5.14. The van der Waals surface area contributed by atoms with Crippen LogP contribution in [0.5, 0.6) is 11.5 Å². The minimum absolute atomic E-state index is 0.208. The van der Waals surface area contributed by atoms with E-state index in [0.717, 1.165) is 10.8 Å². The predicted molar refractivity (Wildman–Crippen MR) is 140 cm³/mol. The molecular formula is C29H29NO6. The Morgan fingerprint density at radius 2 is 1.89 bits per heavy atom. The third kappa shape index (κ3) is 3.62. The van der Waals surface area contributed by atoms with E-state index in [9.17, 15) is 14.7 Å². The monoisotopic (exact) mass is 487 g/mol. The molecule has 0 radical (unpaired) electrons. The van der Waals surface area contributed by atoms with Crippen LogP contribution in [0.25, 0.3) is 32.6 Å². The topological polar surface area (TPSA) is 87.0 Å². The Labute approximate surface area is 208 Å². The molecule has 7 heteroatoms. The van der Waals surface area contributed by atoms with Gasteiger partial charge in [0.1, 0.15) is 23.2 Å². The van der Waals surface area contributed by atoms with Crippen molar-refractivity contribution in [3.8, 4) is 11.5 Å². The van der Waals surface area contributed by atoms with Crippen molar-refractivity contribution >= 4 is 38.5 Å². The molecule has 2 atom stereocenters. The molecule has 0 spiro atoms. The molecule has 0 unspecified atom stereocenters. The minimum Gasteiger partial charge on any atom is -0.496 e. The number of rotatable bonds is 4. The first-order chi connectivity index (χ1) is 17.2. The Bertz CT molecular complexity index is 1610. The number of allylic oxidation sites excluding steroid dienone is 1. The van der Waals surface area contributed by atoms with Crippen LogP contribution in [-0.4, -0.2) is 34.5 Å². The lowest BCUT2D eigenvalue weighted by molar-refractivity contribution is -0.171. The molecule has 1 aliphatic heterocycles. The molecule has 186 valence electrons. The summed E-state index contributed by atoms with van der Waals surface area (Å²) in [4.78, 5) is 26.3. The molecule has 0 amide bonds. The summed E-state index contributed by atoms with van der Waals surface area (Å²) < 4.78 is 19.5. The van der Waals surface area contributed by atoms with Gasteiger partial charge in [-0.3, -0.25) is 4.79 Å². The lowest BCUT2D eigenvalue weighted by atomic mass is 9.86. The van der Waals surface area contributed by atoms with E-state index in [2.05, 4.69) is 0 Å². The third-order valence-electron chi connectivity index (χ3n) is 6.89. The van der Waals surface area contributed by atoms with Gasteiger partial charge in [0.25, 0.3) is 0 Å². The Balaban J connectivity index is 1.83. The average molecular weight is 488 g/mol. The number of aryl methyl sites for hydroxylation is 1. The number of aliphatic hydroxyl groups is 1. The maximum atomic E-state index is 13.9. The Morgan fingerprint density at radius 3 is 2.56 bits per heavy atom. The number of pyridine rings is 1. The summed E-state index contributed by atoms with van der Waals surface area (Å²) in [5.74, 6) is 0.164. The molecular weight excluding hydrogens is 458 g/mol. The highest BCUT2D eigenvalue weighted by molar-refractivity contribution is 6.04. The highest BCUT2D eigenvalue weighted by Crippen LogP contribution is 2.47. The van der Waals surface area contributed by atoms with E-state index in [0.29, 0.717) is 45.3 Å². The lowest BCUT2D eigenvalue weighted by Gasteiger charge is -2.42. The summed E-state index contributed by atoms with van der Waals surface area (Å²) in [6, 6.07) is 13.3. The van der Waals surface area contributed by atoms with Gasteiger partial charge in [-0.05, 0) is 43.2 Å². The second-order valence-corrected chi connectivity index (χ2v) is 9.64. The Morgan fingerprint density at radius 1 is 1.19 bits per heavy atom. The Kier molecular flexibility index (Phi) is 5.75. The molecule has 5 rings (SSSR count). The zero-order chi connectivity index (χ0) is 25.8. The first-order valence-electron chi connectivity index (χ1n) is 12.0. The predicted octanol–water partition coefficient (Wildman–Crippen LogP) is 4.94. The Hall–Kier alpha value is -3.84. The number of esters is 1. The van der Waals surface area contributed by atoms with Crippen molar-refractivity contribution in [2.75, 3.05) is 7.11 Å². The molecule has 0 saturated heterocycles. The molecule has 2 heterocycles. The normalized spacial score (nSPS) is 18.9. The number of nitrogens with zero attached hydrogens (tertiary/aromatic N) is 1. The van der Waals surface area contributed by atoms with Crippen LogP contribution in [0.2, 0.25) is 0 Å². The quantitative estimate of drug-likeness (QED) is 0.249. The first-order valence-corrected chi connectivity index (χ1v) is 12.0. The van der Waals surface area contributed by atoms with Gasteiger partial charge in [-0.15, -0.1) is 0 Å². The number of methoxy groups -OCH3 is 1. The summed E-state index contributed by atoms with van der Waals surface area (Å²) >= 11 is 0. The smallest absolute Gasteiger partial charge is 0.330 e. The highest BCUT2D eigenvalue weighted by Gasteiger charge is 2.47. The van der Waals surface area contributed by atoms with Crippen LogP contribution in [0.15, 0.2) is 59.4 Å². The second kappa shape index (κ2) is 8.68. The van der Waals surface area contributed by atoms with Gasteiger partial charge in [-0.25, -0.2) is 4.79 Å². The molecule has 0 saturated carbocycles. The standard InChI is InChI=1S/C29H29NO6/c1-6-7-12-22(31)35-28-27(33)24-21(36-29(28,2)3)15-20(34-5)23-25(24)30(4)19-14-17-11-9-8-10-16(17)13-18(19)26(23)32/h7-15,27-28,33H,6H2,1-5H3/t27-,28-/m1/s1. The number of aromatic nitrogens is 1. The molecule has 36 heavy (non-hydrogen) atoms. The molecule has 1 aliphatic rings. The molecule has 4 aromatic rings. The van der Waals surface area contributed by atoms with Gasteiger partial charge >= 0.3 is 5.97 Å². The zero-order valence-electron chi connectivity index (χ0n) is 21.0. The van der Waals surface area contributed by atoms with Gasteiger partial charge in [0.2, 0.25) is 5.43 Å². The average Bonchev–Trinajstić information content (AvgIpc) is 2.86.